The topological polar surface area (TPSA) is 362 Å². The van der Waals surface area contributed by atoms with Crippen molar-refractivity contribution in [1.29, 1.82) is 26.8 Å². The smallest absolute Gasteiger partial charge is 0.254 e. The highest BCUT2D eigenvalue weighted by Gasteiger charge is 2.29. The van der Waals surface area contributed by atoms with Crippen molar-refractivity contribution in [3.63, 3.8) is 0 Å². The molecule has 22 nitrogen and oxygen atoms in total. The van der Waals surface area contributed by atoms with Crippen molar-refractivity contribution in [3.8, 4) is 23.5 Å². The van der Waals surface area contributed by atoms with E-state index in [9.17, 15) is 33.6 Å². The molecule has 7 amide bonds. The Labute approximate surface area is 689 Å². The first-order valence-corrected chi connectivity index (χ1v) is 37.2. The molecule has 0 aliphatic heterocycles. The fourth-order valence-electron chi connectivity index (χ4n) is 11.3. The molecular formula is C92H73Cl3N14O8. The van der Waals surface area contributed by atoms with Gasteiger partial charge >= 0.3 is 0 Å². The molecule has 12 aromatic carbocycles. The number of halogens is 3. The summed E-state index contributed by atoms with van der Waals surface area (Å²) in [5.41, 5.74) is 8.47. The van der Waals surface area contributed by atoms with E-state index in [1.54, 1.807) is 200 Å². The van der Waals surface area contributed by atoms with E-state index in [0.29, 0.717) is 82.4 Å². The van der Waals surface area contributed by atoms with E-state index in [-0.39, 0.29) is 35.4 Å². The van der Waals surface area contributed by atoms with Gasteiger partial charge in [-0.2, -0.15) is 15.5 Å². The van der Waals surface area contributed by atoms with Crippen molar-refractivity contribution in [2.45, 2.75) is 37.5 Å². The third-order valence-electron chi connectivity index (χ3n) is 17.4. The predicted molar refractivity (Wildman–Crippen MR) is 449 cm³/mol. The number of nitrogens with one attached hydrogen (secondary N) is 10. The highest BCUT2D eigenvalue weighted by Crippen LogP contribution is 2.27. The van der Waals surface area contributed by atoms with Crippen LogP contribution in [0.2, 0.25) is 15.1 Å². The highest BCUT2D eigenvalue weighted by atomic mass is 35.5. The molecule has 0 bridgehead atoms. The van der Waals surface area contributed by atoms with Gasteiger partial charge in [0.1, 0.15) is 41.7 Å². The van der Waals surface area contributed by atoms with Crippen LogP contribution in [0, 0.1) is 45.8 Å². The molecule has 13 aromatic rings. The van der Waals surface area contributed by atoms with Gasteiger partial charge in [-0.15, -0.1) is 0 Å². The Hall–Kier alpha value is -15.1. The number of amidine groups is 3. The minimum absolute atomic E-state index is 0.0342. The number of carbonyl (C=O) groups excluding carboxylic acids is 7. The largest absolute Gasteiger partial charge is 0.340 e. The highest BCUT2D eigenvalue weighted by molar-refractivity contribution is 6.42. The number of aryl methyl sites for hydroxylation is 1. The third-order valence-corrected chi connectivity index (χ3v) is 18.6. The first-order chi connectivity index (χ1) is 56.7. The van der Waals surface area contributed by atoms with E-state index in [0.717, 1.165) is 22.3 Å². The molecule has 0 aliphatic rings. The van der Waals surface area contributed by atoms with Crippen LogP contribution in [-0.4, -0.2) is 69.0 Å². The molecule has 1 aromatic heterocycles. The van der Waals surface area contributed by atoms with E-state index in [1.807, 2.05) is 116 Å². The van der Waals surface area contributed by atoms with Gasteiger partial charge in [0.25, 0.3) is 41.3 Å². The number of hydrogen-bond acceptors (Lipinski definition) is 15. The van der Waals surface area contributed by atoms with E-state index >= 15 is 0 Å². The maximum absolute atomic E-state index is 12.9. The number of nitrogens with zero attached hydrogens (tertiary/aromatic N) is 4. The molecule has 0 spiro atoms. The second-order valence-electron chi connectivity index (χ2n) is 25.6. The quantitative estimate of drug-likeness (QED) is 0.0237. The number of rotatable bonds is 21. The molecule has 10 N–H and O–H groups in total. The Kier molecular flexibility index (Phi) is 30.7. The second kappa shape index (κ2) is 42.5. The molecule has 4 unspecified atom stereocenters. The molecule has 13 rings (SSSR count). The van der Waals surface area contributed by atoms with Crippen molar-refractivity contribution in [3.05, 3.63) is 426 Å². The fourth-order valence-corrected chi connectivity index (χ4v) is 11.8. The lowest BCUT2D eigenvalue weighted by Gasteiger charge is -2.19. The summed E-state index contributed by atoms with van der Waals surface area (Å²) in [5, 5.41) is 66.7. The van der Waals surface area contributed by atoms with Crippen molar-refractivity contribution in [2.75, 3.05) is 0 Å². The number of aromatic nitrogens is 2. The zero-order valence-corrected chi connectivity index (χ0v) is 64.6. The maximum atomic E-state index is 12.9. The summed E-state index contributed by atoms with van der Waals surface area (Å²) in [6, 6.07) is 94.9. The zero-order chi connectivity index (χ0) is 83.0. The molecule has 25 heteroatoms. The second-order valence-corrected chi connectivity index (χ2v) is 26.9. The summed E-state index contributed by atoms with van der Waals surface area (Å²) in [5.74, 6) is -2.47. The Morgan fingerprint density at radius 1 is 0.376 bits per heavy atom. The lowest BCUT2D eigenvalue weighted by atomic mass is 10.0. The predicted octanol–water partition coefficient (Wildman–Crippen LogP) is 16.1. The van der Waals surface area contributed by atoms with Crippen molar-refractivity contribution < 1.29 is 38.1 Å². The number of carbonyl (C=O) groups is 7. The van der Waals surface area contributed by atoms with E-state index < -0.39 is 59.6 Å². The van der Waals surface area contributed by atoms with Crippen LogP contribution in [0.4, 0.5) is 0 Å². The average Bonchev–Trinajstić information content (AvgIpc) is 1.78. The number of amides is 7. The van der Waals surface area contributed by atoms with E-state index in [2.05, 4.69) is 47.4 Å². The summed E-state index contributed by atoms with van der Waals surface area (Å²) < 4.78 is 5.51. The van der Waals surface area contributed by atoms with Crippen molar-refractivity contribution in [2.24, 2.45) is 0 Å². The fraction of sp³-hybridized carbons (Fsp3) is 0.0652. The summed E-state index contributed by atoms with van der Waals surface area (Å²) >= 11 is 18.0. The van der Waals surface area contributed by atoms with E-state index in [1.165, 1.54) is 30.3 Å². The summed E-state index contributed by atoms with van der Waals surface area (Å²) in [4.78, 5) is 94.1. The van der Waals surface area contributed by atoms with Crippen LogP contribution < -0.4 is 37.2 Å². The van der Waals surface area contributed by atoms with Gasteiger partial charge in [-0.3, -0.25) is 49.8 Å². The standard InChI is InChI=1S/C23H17Cl2N3O2.C23H20ClN3O2.2C23H18N4O2/c24-18-12-11-15(13-19(18)25)14-20(29)26-21(16-7-3-1-4-8-16)23-27-22(28-30-23)17-9-5-2-6-10-17;1-15-14-18(12-13-19(15)24)22(28)26-20(16-8-4-2-5-9-16)23(29)27-21(25)17-10-6-3-7-11-17;24-15-16-8-7-13-19(14-16)22(28)26-20(17-9-3-1-4-10-17)23(29)27-21(25)18-11-5-2-6-12-18;24-15-16-11-13-19(14-12-16)22(28)26-20(17-7-3-1-4-8-17)23(29)27-21(25)18-9-5-2-6-10-18/h1-13,21H,14H2,(H,26,29);2-14,20H,1H3,(H,26,28)(H2,25,27,29);2*1-14,20H,(H,26,28)(H2,25,27,29). The molecule has 0 aliphatic carbocycles. The molecule has 0 saturated heterocycles. The molecule has 580 valence electrons. The lowest BCUT2D eigenvalue weighted by molar-refractivity contribution is -0.122. The van der Waals surface area contributed by atoms with Gasteiger partial charge in [-0.05, 0) is 113 Å². The van der Waals surface area contributed by atoms with Gasteiger partial charge in [-0.25, -0.2) is 0 Å². The average molecular weight is 1610 g/mol. The van der Waals surface area contributed by atoms with Gasteiger partial charge < -0.3 is 41.7 Å². The summed E-state index contributed by atoms with van der Waals surface area (Å²) in [7, 11) is 0. The molecular weight excluding hydrogens is 1540 g/mol. The molecule has 0 radical (unpaired) electrons. The maximum Gasteiger partial charge on any atom is 0.254 e. The van der Waals surface area contributed by atoms with Crippen LogP contribution in [-0.2, 0) is 25.6 Å². The molecule has 0 fully saturated rings. The first-order valence-electron chi connectivity index (χ1n) is 36.1. The van der Waals surface area contributed by atoms with Gasteiger partial charge in [0, 0.05) is 44.0 Å². The van der Waals surface area contributed by atoms with Crippen LogP contribution in [0.5, 0.6) is 0 Å². The van der Waals surface area contributed by atoms with Crippen LogP contribution in [0.15, 0.2) is 332 Å². The lowest BCUT2D eigenvalue weighted by Crippen LogP contribution is -2.42. The summed E-state index contributed by atoms with van der Waals surface area (Å²) in [6.07, 6.45) is 0.139. The molecule has 4 atom stereocenters. The monoisotopic (exact) mass is 1610 g/mol. The Balaban J connectivity index is 0.000000165. The Bertz CT molecular complexity index is 5730. The number of benzene rings is 12. The number of hydrogen-bond donors (Lipinski definition) is 10. The van der Waals surface area contributed by atoms with Gasteiger partial charge in [0.15, 0.2) is 0 Å². The third kappa shape index (κ3) is 24.7. The van der Waals surface area contributed by atoms with Crippen molar-refractivity contribution in [1.82, 2.24) is 47.4 Å². The summed E-state index contributed by atoms with van der Waals surface area (Å²) in [6.45, 7) is 1.81. The van der Waals surface area contributed by atoms with Gasteiger partial charge in [0.2, 0.25) is 11.7 Å². The first kappa shape index (κ1) is 84.4. The number of nitriles is 2. The van der Waals surface area contributed by atoms with Gasteiger partial charge in [0.05, 0.1) is 39.7 Å². The SMILES string of the molecule is Cc1cc(C(=O)NC(C(=O)NC(=N)c2ccccc2)c2ccccc2)ccc1Cl.N#Cc1ccc(C(=O)NC(C(=O)NC(=N)c2ccccc2)c2ccccc2)cc1.N#Cc1cccc(C(=O)NC(C(=O)NC(=N)c2ccccc2)c2ccccc2)c1.O=C(Cc1ccc(Cl)c(Cl)c1)NC(c1ccccc1)c1nc(-c2ccccc2)no1. The van der Waals surface area contributed by atoms with Crippen LogP contribution >= 0.6 is 34.8 Å². The Morgan fingerprint density at radius 3 is 1.15 bits per heavy atom. The Morgan fingerprint density at radius 2 is 0.744 bits per heavy atom. The van der Waals surface area contributed by atoms with Crippen LogP contribution in [0.3, 0.4) is 0 Å². The minimum atomic E-state index is -1.00. The molecule has 1 heterocycles. The molecule has 0 saturated carbocycles. The van der Waals surface area contributed by atoms with Crippen LogP contribution in [0.1, 0.15) is 122 Å². The zero-order valence-electron chi connectivity index (χ0n) is 62.4. The normalized spacial score (nSPS) is 11.3. The molecule has 117 heavy (non-hydrogen) atoms. The van der Waals surface area contributed by atoms with Gasteiger partial charge in [-0.1, -0.05) is 295 Å². The van der Waals surface area contributed by atoms with Crippen molar-refractivity contribution >= 4 is 93.7 Å². The van der Waals surface area contributed by atoms with E-state index in [4.69, 9.17) is 66.1 Å². The van der Waals surface area contributed by atoms with Crippen LogP contribution in [0.25, 0.3) is 11.4 Å². The minimum Gasteiger partial charge on any atom is -0.340 e.